The summed E-state index contributed by atoms with van der Waals surface area (Å²) in [5.41, 5.74) is 2.70. The fraction of sp³-hybridized carbons (Fsp3) is 0.280. The third-order valence-corrected chi connectivity index (χ3v) is 6.38. The molecule has 1 saturated carbocycles. The van der Waals surface area contributed by atoms with Gasteiger partial charge in [-0.05, 0) is 35.1 Å². The number of anilines is 1. The molecule has 0 spiro atoms. The van der Waals surface area contributed by atoms with Crippen molar-refractivity contribution >= 4 is 5.69 Å². The van der Waals surface area contributed by atoms with Gasteiger partial charge in [0.1, 0.15) is 0 Å². The average molecular weight is 408 g/mol. The minimum Gasteiger partial charge on any atom is -0.368 e. The van der Waals surface area contributed by atoms with Gasteiger partial charge in [-0.15, -0.1) is 0 Å². The van der Waals surface area contributed by atoms with Gasteiger partial charge < -0.3 is 4.90 Å². The molecule has 154 valence electrons. The molecule has 0 aromatic heterocycles. The first kappa shape index (κ1) is 19.2. The van der Waals surface area contributed by atoms with Crippen LogP contribution in [0.2, 0.25) is 0 Å². The molecule has 1 saturated heterocycles. The van der Waals surface area contributed by atoms with E-state index in [-0.39, 0.29) is 5.69 Å². The fourth-order valence-electron chi connectivity index (χ4n) is 4.90. The minimum atomic E-state index is -1.39. The molecule has 30 heavy (non-hydrogen) atoms. The van der Waals surface area contributed by atoms with Crippen LogP contribution in [0.25, 0.3) is 0 Å². The van der Waals surface area contributed by atoms with Crippen LogP contribution in [-0.2, 0) is 13.1 Å². The molecule has 5 heteroatoms. The predicted octanol–water partition coefficient (Wildman–Crippen LogP) is 5.24. The summed E-state index contributed by atoms with van der Waals surface area (Å²) >= 11 is 0. The van der Waals surface area contributed by atoms with Gasteiger partial charge in [-0.2, -0.15) is 0 Å². The predicted molar refractivity (Wildman–Crippen MR) is 111 cm³/mol. The van der Waals surface area contributed by atoms with Crippen molar-refractivity contribution in [2.45, 2.75) is 19.1 Å². The van der Waals surface area contributed by atoms with E-state index in [0.717, 1.165) is 19.2 Å². The van der Waals surface area contributed by atoms with Crippen LogP contribution in [-0.4, -0.2) is 24.0 Å². The number of piperidine rings is 1. The smallest absolute Gasteiger partial charge is 0.196 e. The lowest BCUT2D eigenvalue weighted by molar-refractivity contribution is 0.222. The van der Waals surface area contributed by atoms with Crippen molar-refractivity contribution in [1.29, 1.82) is 0 Å². The molecule has 3 atom stereocenters. The molecule has 2 unspecified atom stereocenters. The Hall–Kier alpha value is -2.79. The van der Waals surface area contributed by atoms with Crippen molar-refractivity contribution in [3.8, 4) is 0 Å². The summed E-state index contributed by atoms with van der Waals surface area (Å²) in [5.74, 6) is -2.80. The zero-order chi connectivity index (χ0) is 20.7. The van der Waals surface area contributed by atoms with Gasteiger partial charge in [-0.3, -0.25) is 4.90 Å². The number of fused-ring (bicyclic) bond motifs is 1. The normalized spacial score (nSPS) is 22.4. The number of benzene rings is 3. The van der Waals surface area contributed by atoms with Crippen LogP contribution in [0.3, 0.4) is 0 Å². The highest BCUT2D eigenvalue weighted by atomic mass is 19.2. The summed E-state index contributed by atoms with van der Waals surface area (Å²) in [6.45, 7) is 3.04. The summed E-state index contributed by atoms with van der Waals surface area (Å²) in [4.78, 5) is 4.35. The van der Waals surface area contributed by atoms with Gasteiger partial charge in [-0.25, -0.2) is 13.2 Å². The fourth-order valence-corrected chi connectivity index (χ4v) is 4.90. The summed E-state index contributed by atoms with van der Waals surface area (Å²) in [6, 6.07) is 23.6. The van der Waals surface area contributed by atoms with Gasteiger partial charge in [0.25, 0.3) is 0 Å². The van der Waals surface area contributed by atoms with E-state index in [1.165, 1.54) is 17.2 Å². The second-order valence-corrected chi connectivity index (χ2v) is 8.29. The molecule has 0 radical (unpaired) electrons. The maximum atomic E-state index is 14.2. The highest BCUT2D eigenvalue weighted by Crippen LogP contribution is 2.51. The zero-order valence-corrected chi connectivity index (χ0v) is 16.5. The molecule has 0 N–H and O–H groups in total. The van der Waals surface area contributed by atoms with Crippen LogP contribution in [0.4, 0.5) is 18.9 Å². The van der Waals surface area contributed by atoms with Crippen molar-refractivity contribution in [2.75, 3.05) is 18.0 Å². The Labute approximate surface area is 174 Å². The Bertz CT molecular complexity index is 972. The molecule has 0 amide bonds. The average Bonchev–Trinajstić information content (AvgIpc) is 3.26. The van der Waals surface area contributed by atoms with Crippen LogP contribution < -0.4 is 4.90 Å². The molecular weight excluding hydrogens is 385 g/mol. The molecule has 2 nitrogen and oxygen atoms in total. The maximum absolute atomic E-state index is 14.2. The molecular formula is C25H23F3N2. The quantitative estimate of drug-likeness (QED) is 0.515. The maximum Gasteiger partial charge on any atom is 0.196 e. The largest absolute Gasteiger partial charge is 0.368 e. The van der Waals surface area contributed by atoms with Crippen molar-refractivity contribution < 1.29 is 13.2 Å². The Morgan fingerprint density at radius 1 is 0.700 bits per heavy atom. The van der Waals surface area contributed by atoms with Gasteiger partial charge in [0.05, 0.1) is 5.69 Å². The third kappa shape index (κ3) is 3.58. The molecule has 2 aliphatic rings. The van der Waals surface area contributed by atoms with E-state index in [9.17, 15) is 13.2 Å². The van der Waals surface area contributed by atoms with E-state index < -0.39 is 17.5 Å². The van der Waals surface area contributed by atoms with E-state index in [4.69, 9.17) is 0 Å². The first-order valence-corrected chi connectivity index (χ1v) is 10.3. The molecule has 0 bridgehead atoms. The van der Waals surface area contributed by atoms with Crippen molar-refractivity contribution in [3.63, 3.8) is 0 Å². The highest BCUT2D eigenvalue weighted by Gasteiger charge is 2.58. The lowest BCUT2D eigenvalue weighted by Gasteiger charge is -2.29. The molecule has 5 rings (SSSR count). The van der Waals surface area contributed by atoms with Gasteiger partial charge in [0.15, 0.2) is 17.5 Å². The van der Waals surface area contributed by atoms with Gasteiger partial charge in [0, 0.05) is 32.2 Å². The Morgan fingerprint density at radius 3 is 1.77 bits per heavy atom. The Balaban J connectivity index is 1.32. The summed E-state index contributed by atoms with van der Waals surface area (Å²) in [7, 11) is 0. The standard InChI is InChI=1S/C25H23F3N2/c26-21-11-12-22(24(28)23(21)27)29-15-19-20(16-29)25(19)30(13-17-7-3-1-4-8-17)14-18-9-5-2-6-10-18/h1-12,19-20,25H,13-16H2/t19-,20?,25?/m0/s1. The molecule has 3 aromatic rings. The number of nitrogens with zero attached hydrogens (tertiary/aromatic N) is 2. The second-order valence-electron chi connectivity index (χ2n) is 8.29. The highest BCUT2D eigenvalue weighted by molar-refractivity contribution is 5.51. The van der Waals surface area contributed by atoms with Crippen LogP contribution in [0.1, 0.15) is 11.1 Å². The molecule has 1 aliphatic carbocycles. The molecule has 2 fully saturated rings. The number of rotatable bonds is 6. The van der Waals surface area contributed by atoms with Crippen molar-refractivity contribution in [2.24, 2.45) is 11.8 Å². The first-order valence-electron chi connectivity index (χ1n) is 10.3. The van der Waals surface area contributed by atoms with E-state index in [2.05, 4.69) is 53.4 Å². The lowest BCUT2D eigenvalue weighted by Crippen LogP contribution is -2.34. The van der Waals surface area contributed by atoms with E-state index in [1.54, 1.807) is 0 Å². The van der Waals surface area contributed by atoms with Gasteiger partial charge >= 0.3 is 0 Å². The topological polar surface area (TPSA) is 6.48 Å². The molecule has 1 heterocycles. The van der Waals surface area contributed by atoms with Crippen molar-refractivity contribution in [3.05, 3.63) is 101 Å². The monoisotopic (exact) mass is 408 g/mol. The van der Waals surface area contributed by atoms with Crippen LogP contribution in [0.15, 0.2) is 72.8 Å². The molecule has 3 aromatic carbocycles. The third-order valence-electron chi connectivity index (χ3n) is 6.38. The van der Waals surface area contributed by atoms with Crippen LogP contribution in [0.5, 0.6) is 0 Å². The number of hydrogen-bond donors (Lipinski definition) is 0. The van der Waals surface area contributed by atoms with Gasteiger partial charge in [0.2, 0.25) is 0 Å². The Kier molecular flexibility index (Phi) is 4.99. The number of halogens is 3. The Morgan fingerprint density at radius 2 is 1.23 bits per heavy atom. The first-order chi connectivity index (χ1) is 14.6. The summed E-state index contributed by atoms with van der Waals surface area (Å²) in [6.07, 6.45) is 0. The molecule has 1 aliphatic heterocycles. The van der Waals surface area contributed by atoms with E-state index in [0.29, 0.717) is 31.0 Å². The van der Waals surface area contributed by atoms with E-state index in [1.807, 2.05) is 17.0 Å². The van der Waals surface area contributed by atoms with Crippen LogP contribution >= 0.6 is 0 Å². The second kappa shape index (κ2) is 7.80. The summed E-state index contributed by atoms with van der Waals surface area (Å²) in [5, 5.41) is 0. The van der Waals surface area contributed by atoms with Crippen molar-refractivity contribution in [1.82, 2.24) is 4.90 Å². The SMILES string of the molecule is Fc1ccc(N2CC3C(N(Cc4ccccc4)Cc4ccccc4)[C@H]3C2)c(F)c1F. The minimum absolute atomic E-state index is 0.164. The van der Waals surface area contributed by atoms with E-state index >= 15 is 0 Å². The summed E-state index contributed by atoms with van der Waals surface area (Å²) < 4.78 is 41.2. The zero-order valence-electron chi connectivity index (χ0n) is 16.5. The lowest BCUT2D eigenvalue weighted by atomic mass is 10.1. The number of hydrogen-bond acceptors (Lipinski definition) is 2. The van der Waals surface area contributed by atoms with Gasteiger partial charge in [-0.1, -0.05) is 60.7 Å². The van der Waals surface area contributed by atoms with Crippen LogP contribution in [0, 0.1) is 29.3 Å².